The molecule has 1 amide bonds. The molecule has 0 saturated heterocycles. The molecule has 0 unspecified atom stereocenters. The third-order valence-corrected chi connectivity index (χ3v) is 3.07. The van der Waals surface area contributed by atoms with Crippen molar-refractivity contribution in [2.24, 2.45) is 5.10 Å². The largest absolute Gasteiger partial charge is 0.431 e. The van der Waals surface area contributed by atoms with E-state index in [9.17, 15) is 18.0 Å². The zero-order chi connectivity index (χ0) is 13.5. The second kappa shape index (κ2) is 4.44. The van der Waals surface area contributed by atoms with E-state index < -0.39 is 24.2 Å². The lowest BCUT2D eigenvalue weighted by Gasteiger charge is -2.13. The van der Waals surface area contributed by atoms with Gasteiger partial charge in [-0.1, -0.05) is 29.3 Å². The zero-order valence-corrected chi connectivity index (χ0v) is 10.1. The van der Waals surface area contributed by atoms with E-state index in [1.165, 1.54) is 18.2 Å². The molecule has 18 heavy (non-hydrogen) atoms. The lowest BCUT2D eigenvalue weighted by Crippen LogP contribution is -2.22. The number of rotatable bonds is 1. The minimum atomic E-state index is -4.63. The van der Waals surface area contributed by atoms with Crippen LogP contribution in [0.1, 0.15) is 6.42 Å². The average Bonchev–Trinajstić information content (AvgIpc) is 2.64. The number of anilines is 1. The molecular weight excluding hydrogens is 292 g/mol. The van der Waals surface area contributed by atoms with Gasteiger partial charge >= 0.3 is 6.18 Å². The molecular formula is C10H5Cl2F3N2O. The minimum absolute atomic E-state index is 0.0142. The molecule has 2 rings (SSSR count). The number of hydrogen-bond acceptors (Lipinski definition) is 2. The molecule has 0 fully saturated rings. The van der Waals surface area contributed by atoms with Crippen LogP contribution >= 0.6 is 23.2 Å². The highest BCUT2D eigenvalue weighted by Gasteiger charge is 2.43. The van der Waals surface area contributed by atoms with E-state index in [1.807, 2.05) is 0 Å². The van der Waals surface area contributed by atoms with E-state index in [4.69, 9.17) is 23.2 Å². The van der Waals surface area contributed by atoms with E-state index in [0.717, 1.165) is 0 Å². The second-order valence-corrected chi connectivity index (χ2v) is 4.28. The Kier molecular flexibility index (Phi) is 3.25. The number of amides is 1. The summed E-state index contributed by atoms with van der Waals surface area (Å²) in [7, 11) is 0. The maximum Gasteiger partial charge on any atom is 0.431 e. The van der Waals surface area contributed by atoms with Crippen molar-refractivity contribution in [2.75, 3.05) is 5.01 Å². The predicted molar refractivity (Wildman–Crippen MR) is 62.1 cm³/mol. The van der Waals surface area contributed by atoms with E-state index in [1.54, 1.807) is 0 Å². The second-order valence-electron chi connectivity index (χ2n) is 3.50. The third-order valence-electron chi connectivity index (χ3n) is 2.26. The number of carbonyl (C=O) groups is 1. The number of hydrazone groups is 1. The van der Waals surface area contributed by atoms with Gasteiger partial charge in [-0.2, -0.15) is 23.3 Å². The van der Waals surface area contributed by atoms with Crippen LogP contribution in [0.5, 0.6) is 0 Å². The van der Waals surface area contributed by atoms with Crippen molar-refractivity contribution in [3.05, 3.63) is 28.2 Å². The van der Waals surface area contributed by atoms with Gasteiger partial charge in [0.05, 0.1) is 22.2 Å². The Labute approximate surface area is 110 Å². The summed E-state index contributed by atoms with van der Waals surface area (Å²) in [5.74, 6) is -0.800. The van der Waals surface area contributed by atoms with Crippen molar-refractivity contribution in [1.29, 1.82) is 0 Å². The van der Waals surface area contributed by atoms with Crippen LogP contribution < -0.4 is 5.01 Å². The maximum atomic E-state index is 12.4. The molecule has 0 radical (unpaired) electrons. The van der Waals surface area contributed by atoms with Crippen LogP contribution in [0.15, 0.2) is 23.3 Å². The number of benzene rings is 1. The van der Waals surface area contributed by atoms with Crippen LogP contribution in [0.25, 0.3) is 0 Å². The Balaban J connectivity index is 2.43. The Morgan fingerprint density at radius 3 is 2.50 bits per heavy atom. The first-order chi connectivity index (χ1) is 8.30. The molecule has 1 aliphatic rings. The van der Waals surface area contributed by atoms with E-state index in [0.29, 0.717) is 5.01 Å². The van der Waals surface area contributed by atoms with Crippen LogP contribution in [-0.4, -0.2) is 17.8 Å². The SMILES string of the molecule is O=C1CC(C(F)(F)F)=NN1c1cccc(Cl)c1Cl. The van der Waals surface area contributed by atoms with E-state index in [-0.39, 0.29) is 15.7 Å². The normalized spacial score (nSPS) is 16.2. The van der Waals surface area contributed by atoms with Crippen molar-refractivity contribution >= 4 is 40.5 Å². The van der Waals surface area contributed by atoms with Gasteiger partial charge in [0.1, 0.15) is 0 Å². The summed E-state index contributed by atoms with van der Waals surface area (Å²) >= 11 is 11.5. The molecule has 0 aromatic heterocycles. The lowest BCUT2D eigenvalue weighted by molar-refractivity contribution is -0.117. The molecule has 0 aliphatic carbocycles. The summed E-state index contributed by atoms with van der Waals surface area (Å²) < 4.78 is 37.3. The Morgan fingerprint density at radius 2 is 1.94 bits per heavy atom. The highest BCUT2D eigenvalue weighted by Crippen LogP contribution is 2.35. The van der Waals surface area contributed by atoms with Gasteiger partial charge in [-0.25, -0.2) is 0 Å². The third kappa shape index (κ3) is 2.30. The molecule has 8 heteroatoms. The Morgan fingerprint density at radius 1 is 1.28 bits per heavy atom. The highest BCUT2D eigenvalue weighted by molar-refractivity contribution is 6.44. The molecule has 1 heterocycles. The smallest absolute Gasteiger partial charge is 0.272 e. The van der Waals surface area contributed by atoms with Crippen molar-refractivity contribution < 1.29 is 18.0 Å². The van der Waals surface area contributed by atoms with Crippen LogP contribution in [0.3, 0.4) is 0 Å². The van der Waals surface area contributed by atoms with Gasteiger partial charge in [0.25, 0.3) is 5.91 Å². The fourth-order valence-electron chi connectivity index (χ4n) is 1.43. The molecule has 0 spiro atoms. The summed E-state index contributed by atoms with van der Waals surface area (Å²) in [6.07, 6.45) is -5.43. The quantitative estimate of drug-likeness (QED) is 0.778. The molecule has 0 atom stereocenters. The summed E-state index contributed by atoms with van der Waals surface area (Å²) in [5.41, 5.74) is -1.11. The maximum absolute atomic E-state index is 12.4. The van der Waals surface area contributed by atoms with Gasteiger partial charge in [0.15, 0.2) is 5.71 Å². The topological polar surface area (TPSA) is 32.7 Å². The first-order valence-electron chi connectivity index (χ1n) is 4.72. The summed E-state index contributed by atoms with van der Waals surface area (Å²) in [6, 6.07) is 4.30. The van der Waals surface area contributed by atoms with Gasteiger partial charge < -0.3 is 0 Å². The first kappa shape index (κ1) is 13.2. The van der Waals surface area contributed by atoms with Gasteiger partial charge in [0, 0.05) is 0 Å². The summed E-state index contributed by atoms with van der Waals surface area (Å²) in [6.45, 7) is 0. The van der Waals surface area contributed by atoms with Gasteiger partial charge in [-0.3, -0.25) is 4.79 Å². The van der Waals surface area contributed by atoms with Gasteiger partial charge in [-0.15, -0.1) is 0 Å². The van der Waals surface area contributed by atoms with Crippen molar-refractivity contribution in [1.82, 2.24) is 0 Å². The summed E-state index contributed by atoms with van der Waals surface area (Å²) in [5, 5.41) is 3.99. The van der Waals surface area contributed by atoms with Crippen molar-refractivity contribution in [2.45, 2.75) is 12.6 Å². The Hall–Kier alpha value is -1.27. The monoisotopic (exact) mass is 296 g/mol. The summed E-state index contributed by atoms with van der Waals surface area (Å²) in [4.78, 5) is 11.5. The molecule has 0 N–H and O–H groups in total. The number of carbonyl (C=O) groups excluding carboxylic acids is 1. The van der Waals surface area contributed by atoms with E-state index >= 15 is 0 Å². The standard InChI is InChI=1S/C10H5Cl2F3N2O/c11-5-2-1-3-6(9(5)12)17-8(18)4-7(16-17)10(13,14)15/h1-3H,4H2. The van der Waals surface area contributed by atoms with Gasteiger partial charge in [-0.05, 0) is 12.1 Å². The van der Waals surface area contributed by atoms with Crippen LogP contribution in [0, 0.1) is 0 Å². The number of halogens is 5. The zero-order valence-electron chi connectivity index (χ0n) is 8.63. The first-order valence-corrected chi connectivity index (χ1v) is 5.48. The molecule has 1 aromatic carbocycles. The molecule has 1 aliphatic heterocycles. The predicted octanol–water partition coefficient (Wildman–Crippen LogP) is 3.65. The molecule has 3 nitrogen and oxygen atoms in total. The fraction of sp³-hybridized carbons (Fsp3) is 0.200. The molecule has 96 valence electrons. The van der Waals surface area contributed by atoms with Crippen LogP contribution in [0.4, 0.5) is 18.9 Å². The Bertz CT molecular complexity index is 542. The molecule has 0 bridgehead atoms. The lowest BCUT2D eigenvalue weighted by atomic mass is 10.2. The van der Waals surface area contributed by atoms with Crippen molar-refractivity contribution in [3.63, 3.8) is 0 Å². The molecule has 0 saturated carbocycles. The average molecular weight is 297 g/mol. The van der Waals surface area contributed by atoms with Gasteiger partial charge in [0.2, 0.25) is 0 Å². The van der Waals surface area contributed by atoms with E-state index in [2.05, 4.69) is 5.10 Å². The number of hydrogen-bond donors (Lipinski definition) is 0. The number of alkyl halides is 3. The van der Waals surface area contributed by atoms with Crippen molar-refractivity contribution in [3.8, 4) is 0 Å². The van der Waals surface area contributed by atoms with Crippen LogP contribution in [0.2, 0.25) is 10.0 Å². The van der Waals surface area contributed by atoms with Crippen LogP contribution in [-0.2, 0) is 4.79 Å². The molecule has 1 aromatic rings. The number of nitrogens with zero attached hydrogens (tertiary/aromatic N) is 2. The highest BCUT2D eigenvalue weighted by atomic mass is 35.5. The minimum Gasteiger partial charge on any atom is -0.272 e. The fourth-order valence-corrected chi connectivity index (χ4v) is 1.81.